The van der Waals surface area contributed by atoms with Crippen molar-refractivity contribution in [3.63, 3.8) is 0 Å². The van der Waals surface area contributed by atoms with Crippen molar-refractivity contribution >= 4 is 0 Å². The summed E-state index contributed by atoms with van der Waals surface area (Å²) in [5, 5.41) is 3.40. The summed E-state index contributed by atoms with van der Waals surface area (Å²) < 4.78 is 5.85. The lowest BCUT2D eigenvalue weighted by Crippen LogP contribution is -2.19. The molecule has 1 aromatic carbocycles. The van der Waals surface area contributed by atoms with E-state index in [0.29, 0.717) is 12.0 Å². The van der Waals surface area contributed by atoms with E-state index in [1.807, 2.05) is 0 Å². The Labute approximate surface area is 105 Å². The quantitative estimate of drug-likeness (QED) is 0.810. The molecule has 96 valence electrons. The zero-order chi connectivity index (χ0) is 12.8. The lowest BCUT2D eigenvalue weighted by Gasteiger charge is -2.19. The third-order valence-electron chi connectivity index (χ3n) is 3.15. The Balaban J connectivity index is 2.61. The molecule has 0 spiro atoms. The summed E-state index contributed by atoms with van der Waals surface area (Å²) in [5.41, 5.74) is 1.30. The Morgan fingerprint density at radius 3 is 2.12 bits per heavy atom. The van der Waals surface area contributed by atoms with Crippen LogP contribution in [-0.2, 0) is 0 Å². The summed E-state index contributed by atoms with van der Waals surface area (Å²) in [6, 6.07) is 8.78. The molecule has 1 N–H and O–H groups in total. The molecule has 0 bridgehead atoms. The summed E-state index contributed by atoms with van der Waals surface area (Å²) in [4.78, 5) is 0. The molecule has 17 heavy (non-hydrogen) atoms. The van der Waals surface area contributed by atoms with Gasteiger partial charge in [-0.05, 0) is 44.0 Å². The number of ether oxygens (including phenoxy) is 1. The Hall–Kier alpha value is -1.02. The van der Waals surface area contributed by atoms with Gasteiger partial charge in [0.15, 0.2) is 0 Å². The number of benzene rings is 1. The molecule has 2 heteroatoms. The molecule has 0 fully saturated rings. The van der Waals surface area contributed by atoms with Crippen molar-refractivity contribution in [2.75, 3.05) is 6.54 Å². The fourth-order valence-electron chi connectivity index (χ4n) is 1.61. The monoisotopic (exact) mass is 235 g/mol. The van der Waals surface area contributed by atoms with Crippen LogP contribution in [0.3, 0.4) is 0 Å². The van der Waals surface area contributed by atoms with Gasteiger partial charge in [-0.15, -0.1) is 0 Å². The molecule has 1 aromatic rings. The zero-order valence-corrected chi connectivity index (χ0v) is 11.7. The smallest absolute Gasteiger partial charge is 0.119 e. The van der Waals surface area contributed by atoms with Gasteiger partial charge in [-0.2, -0.15) is 0 Å². The van der Waals surface area contributed by atoms with E-state index in [-0.39, 0.29) is 6.10 Å². The average Bonchev–Trinajstić information content (AvgIpc) is 2.30. The molecule has 0 aliphatic carbocycles. The highest BCUT2D eigenvalue weighted by molar-refractivity contribution is 5.29. The van der Waals surface area contributed by atoms with Gasteiger partial charge in [0.1, 0.15) is 5.75 Å². The first-order chi connectivity index (χ1) is 8.04. The SMILES string of the molecule is CCNC(C)c1ccc(OC(C)C(C)C)cc1. The fraction of sp³-hybridized carbons (Fsp3) is 0.600. The van der Waals surface area contributed by atoms with Gasteiger partial charge < -0.3 is 10.1 Å². The van der Waals surface area contributed by atoms with Crippen LogP contribution in [-0.4, -0.2) is 12.6 Å². The lowest BCUT2D eigenvalue weighted by atomic mass is 10.1. The Kier molecular flexibility index (Phi) is 5.49. The van der Waals surface area contributed by atoms with Gasteiger partial charge in [0.05, 0.1) is 6.10 Å². The van der Waals surface area contributed by atoms with Gasteiger partial charge in [-0.3, -0.25) is 0 Å². The summed E-state index contributed by atoms with van der Waals surface area (Å²) in [7, 11) is 0. The average molecular weight is 235 g/mol. The first kappa shape index (κ1) is 14.0. The Bertz CT molecular complexity index is 318. The fourth-order valence-corrected chi connectivity index (χ4v) is 1.61. The van der Waals surface area contributed by atoms with Crippen LogP contribution < -0.4 is 10.1 Å². The van der Waals surface area contributed by atoms with Crippen LogP contribution in [0, 0.1) is 5.92 Å². The van der Waals surface area contributed by atoms with Crippen LogP contribution in [0.25, 0.3) is 0 Å². The second-order valence-electron chi connectivity index (χ2n) is 4.92. The van der Waals surface area contributed by atoms with E-state index in [2.05, 4.69) is 64.2 Å². The van der Waals surface area contributed by atoms with E-state index < -0.39 is 0 Å². The van der Waals surface area contributed by atoms with E-state index >= 15 is 0 Å². The highest BCUT2D eigenvalue weighted by atomic mass is 16.5. The second kappa shape index (κ2) is 6.65. The predicted molar refractivity (Wildman–Crippen MR) is 73.5 cm³/mol. The van der Waals surface area contributed by atoms with E-state index in [9.17, 15) is 0 Å². The normalized spacial score (nSPS) is 14.7. The standard InChI is InChI=1S/C15H25NO/c1-6-16-12(4)14-7-9-15(10-8-14)17-13(5)11(2)3/h7-13,16H,6H2,1-5H3. The third-order valence-corrected chi connectivity index (χ3v) is 3.15. The topological polar surface area (TPSA) is 21.3 Å². The Morgan fingerprint density at radius 1 is 1.06 bits per heavy atom. The van der Waals surface area contributed by atoms with Gasteiger partial charge in [0, 0.05) is 6.04 Å². The summed E-state index contributed by atoms with van der Waals surface area (Å²) in [5.74, 6) is 1.49. The molecule has 2 nitrogen and oxygen atoms in total. The van der Waals surface area contributed by atoms with E-state index in [1.54, 1.807) is 0 Å². The van der Waals surface area contributed by atoms with Crippen LogP contribution in [0.1, 0.15) is 46.2 Å². The molecule has 2 unspecified atom stereocenters. The minimum absolute atomic E-state index is 0.257. The van der Waals surface area contributed by atoms with Crippen molar-refractivity contribution in [1.29, 1.82) is 0 Å². The maximum atomic E-state index is 5.85. The molecule has 1 rings (SSSR count). The highest BCUT2D eigenvalue weighted by Gasteiger charge is 2.09. The molecule has 0 saturated heterocycles. The molecular weight excluding hydrogens is 210 g/mol. The van der Waals surface area contributed by atoms with Crippen molar-refractivity contribution in [1.82, 2.24) is 5.32 Å². The number of nitrogens with one attached hydrogen (secondary N) is 1. The zero-order valence-electron chi connectivity index (χ0n) is 11.7. The van der Waals surface area contributed by atoms with Crippen molar-refractivity contribution in [2.45, 2.75) is 46.8 Å². The van der Waals surface area contributed by atoms with Crippen molar-refractivity contribution in [3.05, 3.63) is 29.8 Å². The van der Waals surface area contributed by atoms with Gasteiger partial charge in [-0.1, -0.05) is 32.9 Å². The molecule has 0 aromatic heterocycles. The number of hydrogen-bond donors (Lipinski definition) is 1. The van der Waals surface area contributed by atoms with E-state index in [0.717, 1.165) is 12.3 Å². The summed E-state index contributed by atoms with van der Waals surface area (Å²) >= 11 is 0. The van der Waals surface area contributed by atoms with Gasteiger partial charge in [-0.25, -0.2) is 0 Å². The van der Waals surface area contributed by atoms with E-state index in [4.69, 9.17) is 4.74 Å². The molecule has 0 saturated carbocycles. The summed E-state index contributed by atoms with van der Waals surface area (Å²) in [6.45, 7) is 11.7. The maximum Gasteiger partial charge on any atom is 0.119 e. The first-order valence-corrected chi connectivity index (χ1v) is 6.54. The Morgan fingerprint density at radius 2 is 1.65 bits per heavy atom. The largest absolute Gasteiger partial charge is 0.490 e. The minimum Gasteiger partial charge on any atom is -0.490 e. The second-order valence-corrected chi connectivity index (χ2v) is 4.92. The highest BCUT2D eigenvalue weighted by Crippen LogP contribution is 2.19. The minimum atomic E-state index is 0.257. The maximum absolute atomic E-state index is 5.85. The number of hydrogen-bond acceptors (Lipinski definition) is 2. The van der Waals surface area contributed by atoms with Crippen molar-refractivity contribution in [3.8, 4) is 5.75 Å². The molecule has 0 heterocycles. The summed E-state index contributed by atoms with van der Waals surface area (Å²) in [6.07, 6.45) is 0.257. The van der Waals surface area contributed by atoms with Crippen LogP contribution in [0.4, 0.5) is 0 Å². The molecule has 0 aliphatic heterocycles. The molecule has 2 atom stereocenters. The van der Waals surface area contributed by atoms with Gasteiger partial charge in [0.2, 0.25) is 0 Å². The molecule has 0 radical (unpaired) electrons. The van der Waals surface area contributed by atoms with Crippen molar-refractivity contribution < 1.29 is 4.74 Å². The van der Waals surface area contributed by atoms with Gasteiger partial charge in [0.25, 0.3) is 0 Å². The van der Waals surface area contributed by atoms with Crippen LogP contribution in [0.5, 0.6) is 5.75 Å². The number of rotatable bonds is 6. The van der Waals surface area contributed by atoms with Crippen LogP contribution in [0.2, 0.25) is 0 Å². The van der Waals surface area contributed by atoms with Crippen LogP contribution in [0.15, 0.2) is 24.3 Å². The lowest BCUT2D eigenvalue weighted by molar-refractivity contribution is 0.170. The third kappa shape index (κ3) is 4.39. The molecule has 0 amide bonds. The molecule has 0 aliphatic rings. The van der Waals surface area contributed by atoms with E-state index in [1.165, 1.54) is 5.56 Å². The first-order valence-electron chi connectivity index (χ1n) is 6.54. The van der Waals surface area contributed by atoms with Crippen molar-refractivity contribution in [2.24, 2.45) is 5.92 Å². The van der Waals surface area contributed by atoms with Gasteiger partial charge >= 0.3 is 0 Å². The van der Waals surface area contributed by atoms with Crippen LogP contribution >= 0.6 is 0 Å². The predicted octanol–water partition coefficient (Wildman–Crippen LogP) is 3.78. The molecular formula is C15H25NO.